The maximum absolute atomic E-state index is 12.2. The molecule has 0 unspecified atom stereocenters. The third kappa shape index (κ3) is 10.1. The first kappa shape index (κ1) is 25.3. The summed E-state index contributed by atoms with van der Waals surface area (Å²) in [4.78, 5) is 12.2. The highest BCUT2D eigenvalue weighted by atomic mass is 35.6. The molecule has 8 heteroatoms. The van der Waals surface area contributed by atoms with Crippen LogP contribution >= 0.6 is 47.0 Å². The molecule has 0 aliphatic heterocycles. The molecule has 0 aliphatic carbocycles. The fraction of sp³-hybridized carbons (Fsp3) is 0.600. The van der Waals surface area contributed by atoms with E-state index in [1.165, 1.54) is 19.3 Å². The van der Waals surface area contributed by atoms with Gasteiger partial charge >= 0.3 is 0 Å². The van der Waals surface area contributed by atoms with Crippen LogP contribution in [0.5, 0.6) is 0 Å². The first-order valence-corrected chi connectivity index (χ1v) is 11.2. The molecule has 0 radical (unpaired) electrons. The number of carbonyl (C=O) groups excluding carboxylic acids is 1. The van der Waals surface area contributed by atoms with Gasteiger partial charge in [0.1, 0.15) is 6.17 Å². The molecule has 0 heterocycles. The van der Waals surface area contributed by atoms with Crippen LogP contribution in [0.2, 0.25) is 0 Å². The van der Waals surface area contributed by atoms with Crippen LogP contribution in [0.4, 0.5) is 5.69 Å². The summed E-state index contributed by atoms with van der Waals surface area (Å²) in [6, 6.07) is 5.95. The Hall–Kier alpha value is -0.750. The van der Waals surface area contributed by atoms with Gasteiger partial charge in [-0.05, 0) is 44.1 Å². The lowest BCUT2D eigenvalue weighted by Crippen LogP contribution is -2.56. The molecule has 4 nitrogen and oxygen atoms in total. The number of halogens is 3. The van der Waals surface area contributed by atoms with Crippen molar-refractivity contribution in [2.45, 2.75) is 75.7 Å². The van der Waals surface area contributed by atoms with Crippen LogP contribution < -0.4 is 16.0 Å². The van der Waals surface area contributed by atoms with E-state index in [-0.39, 0.29) is 11.0 Å². The van der Waals surface area contributed by atoms with Gasteiger partial charge in [0.15, 0.2) is 5.11 Å². The van der Waals surface area contributed by atoms with Gasteiger partial charge in [0.2, 0.25) is 9.70 Å². The van der Waals surface area contributed by atoms with Crippen molar-refractivity contribution in [3.8, 4) is 0 Å². The first-order valence-electron chi connectivity index (χ1n) is 9.64. The molecule has 1 aromatic carbocycles. The van der Waals surface area contributed by atoms with Crippen LogP contribution in [0.25, 0.3) is 0 Å². The Labute approximate surface area is 189 Å². The second-order valence-corrected chi connectivity index (χ2v) is 9.75. The molecular weight excluding hydrogens is 437 g/mol. The fourth-order valence-corrected chi connectivity index (χ4v) is 3.30. The van der Waals surface area contributed by atoms with Crippen molar-refractivity contribution >= 4 is 63.7 Å². The standard InChI is InChI=1S/C20H30Cl3N3OS/c1-4-5-6-7-8-9-10-17(27)25-18(20(21,22)23)26-19(28)24-16-12-11-14(2)13-15(16)3/h11-13,18H,4-10H2,1-3H3,(H,25,27)(H2,24,26,28)/t18-/m1/s1. The number of amides is 1. The number of anilines is 1. The van der Waals surface area contributed by atoms with E-state index in [0.29, 0.717) is 6.42 Å². The van der Waals surface area contributed by atoms with Crippen molar-refractivity contribution in [2.75, 3.05) is 5.32 Å². The highest BCUT2D eigenvalue weighted by Gasteiger charge is 2.34. The van der Waals surface area contributed by atoms with Crippen LogP contribution in [0.1, 0.15) is 63.0 Å². The second-order valence-electron chi connectivity index (χ2n) is 6.98. The monoisotopic (exact) mass is 465 g/mol. The summed E-state index contributed by atoms with van der Waals surface area (Å²) in [5.74, 6) is -0.173. The van der Waals surface area contributed by atoms with E-state index in [2.05, 4.69) is 22.9 Å². The van der Waals surface area contributed by atoms with E-state index in [0.717, 1.165) is 36.1 Å². The third-order valence-corrected chi connectivity index (χ3v) is 5.17. The smallest absolute Gasteiger partial charge is 0.228 e. The fourth-order valence-electron chi connectivity index (χ4n) is 2.74. The summed E-state index contributed by atoms with van der Waals surface area (Å²) in [6.07, 6.45) is 6.06. The highest BCUT2D eigenvalue weighted by molar-refractivity contribution is 7.80. The molecule has 0 bridgehead atoms. The number of aryl methyl sites for hydroxylation is 2. The average Bonchev–Trinajstić information content (AvgIpc) is 2.59. The summed E-state index contributed by atoms with van der Waals surface area (Å²) in [5, 5.41) is 8.96. The van der Waals surface area contributed by atoms with E-state index < -0.39 is 9.96 Å². The van der Waals surface area contributed by atoms with E-state index in [4.69, 9.17) is 47.0 Å². The normalized spacial score (nSPS) is 12.4. The van der Waals surface area contributed by atoms with Crippen LogP contribution in [0.3, 0.4) is 0 Å². The Balaban J connectivity index is 2.53. The summed E-state index contributed by atoms with van der Waals surface area (Å²) >= 11 is 23.4. The van der Waals surface area contributed by atoms with Crippen molar-refractivity contribution < 1.29 is 4.79 Å². The minimum absolute atomic E-state index is 0.173. The lowest BCUT2D eigenvalue weighted by Gasteiger charge is -2.28. The Morgan fingerprint density at radius 3 is 2.32 bits per heavy atom. The van der Waals surface area contributed by atoms with Gasteiger partial charge in [-0.2, -0.15) is 0 Å². The predicted molar refractivity (Wildman–Crippen MR) is 125 cm³/mol. The van der Waals surface area contributed by atoms with E-state index in [1.807, 2.05) is 32.0 Å². The molecule has 158 valence electrons. The van der Waals surface area contributed by atoms with Gasteiger partial charge in [0.05, 0.1) is 0 Å². The van der Waals surface area contributed by atoms with E-state index in [9.17, 15) is 4.79 Å². The Kier molecular flexibility index (Phi) is 11.5. The summed E-state index contributed by atoms with van der Waals surface area (Å²) in [7, 11) is 0. The summed E-state index contributed by atoms with van der Waals surface area (Å²) < 4.78 is -1.75. The number of hydrogen-bond acceptors (Lipinski definition) is 2. The number of rotatable bonds is 10. The molecule has 0 aliphatic rings. The van der Waals surface area contributed by atoms with Gasteiger partial charge in [-0.15, -0.1) is 0 Å². The van der Waals surface area contributed by atoms with Gasteiger partial charge < -0.3 is 16.0 Å². The Bertz CT molecular complexity index is 650. The zero-order valence-electron chi connectivity index (χ0n) is 16.7. The largest absolute Gasteiger partial charge is 0.339 e. The summed E-state index contributed by atoms with van der Waals surface area (Å²) in [5.41, 5.74) is 3.05. The van der Waals surface area contributed by atoms with Gasteiger partial charge in [-0.1, -0.05) is 91.5 Å². The Morgan fingerprint density at radius 2 is 1.71 bits per heavy atom. The van der Waals surface area contributed by atoms with E-state index >= 15 is 0 Å². The predicted octanol–water partition coefficient (Wildman–Crippen LogP) is 6.15. The first-order chi connectivity index (χ1) is 13.1. The highest BCUT2D eigenvalue weighted by Crippen LogP contribution is 2.29. The molecule has 3 N–H and O–H groups in total. The Morgan fingerprint density at radius 1 is 1.07 bits per heavy atom. The van der Waals surface area contributed by atoms with Crippen molar-refractivity contribution in [1.82, 2.24) is 10.6 Å². The lowest BCUT2D eigenvalue weighted by atomic mass is 10.1. The zero-order valence-corrected chi connectivity index (χ0v) is 19.8. The van der Waals surface area contributed by atoms with Crippen LogP contribution in [0, 0.1) is 13.8 Å². The number of thiocarbonyl (C=S) groups is 1. The summed E-state index contributed by atoms with van der Waals surface area (Å²) in [6.45, 7) is 6.18. The van der Waals surface area contributed by atoms with Crippen molar-refractivity contribution in [3.05, 3.63) is 29.3 Å². The molecule has 0 saturated heterocycles. The maximum Gasteiger partial charge on any atom is 0.228 e. The molecule has 28 heavy (non-hydrogen) atoms. The van der Waals surface area contributed by atoms with Gasteiger partial charge in [-0.25, -0.2) is 0 Å². The number of carbonyl (C=O) groups is 1. The van der Waals surface area contributed by atoms with Crippen LogP contribution in [0.15, 0.2) is 18.2 Å². The molecule has 1 atom stereocenters. The number of unbranched alkanes of at least 4 members (excludes halogenated alkanes) is 5. The molecule has 0 aromatic heterocycles. The van der Waals surface area contributed by atoms with Crippen molar-refractivity contribution in [3.63, 3.8) is 0 Å². The van der Waals surface area contributed by atoms with Gasteiger partial charge in [0, 0.05) is 12.1 Å². The van der Waals surface area contributed by atoms with Gasteiger partial charge in [0.25, 0.3) is 0 Å². The van der Waals surface area contributed by atoms with Crippen molar-refractivity contribution in [2.24, 2.45) is 0 Å². The molecule has 1 amide bonds. The van der Waals surface area contributed by atoms with Crippen LogP contribution in [-0.2, 0) is 4.79 Å². The average molecular weight is 467 g/mol. The molecule has 1 rings (SSSR count). The number of alkyl halides is 3. The molecule has 1 aromatic rings. The molecule has 0 saturated carbocycles. The van der Waals surface area contributed by atoms with Gasteiger partial charge in [-0.3, -0.25) is 4.79 Å². The van der Waals surface area contributed by atoms with Crippen LogP contribution in [-0.4, -0.2) is 21.0 Å². The molecule has 0 fully saturated rings. The topological polar surface area (TPSA) is 53.2 Å². The number of nitrogens with one attached hydrogen (secondary N) is 3. The lowest BCUT2D eigenvalue weighted by molar-refractivity contribution is -0.122. The third-order valence-electron chi connectivity index (χ3n) is 4.30. The maximum atomic E-state index is 12.2. The number of benzene rings is 1. The second kappa shape index (κ2) is 12.7. The minimum Gasteiger partial charge on any atom is -0.339 e. The molecule has 0 spiro atoms. The SMILES string of the molecule is CCCCCCCCC(=O)N[C@H](NC(=S)Nc1ccc(C)cc1C)C(Cl)(Cl)Cl. The minimum atomic E-state index is -1.75. The van der Waals surface area contributed by atoms with Crippen molar-refractivity contribution in [1.29, 1.82) is 0 Å². The van der Waals surface area contributed by atoms with E-state index in [1.54, 1.807) is 0 Å². The number of hydrogen-bond donors (Lipinski definition) is 3. The molecular formula is C20H30Cl3N3OS. The zero-order chi connectivity index (χ0) is 21.2. The quantitative estimate of drug-likeness (QED) is 0.167.